The number of hydrogen-bond acceptors (Lipinski definition) is 4. The molecule has 0 fully saturated rings. The first-order valence-electron chi connectivity index (χ1n) is 8.20. The van der Waals surface area contributed by atoms with Gasteiger partial charge in [0.25, 0.3) is 0 Å². The van der Waals surface area contributed by atoms with Crippen molar-refractivity contribution in [1.82, 2.24) is 4.90 Å². The number of ether oxygens (including phenoxy) is 1. The van der Waals surface area contributed by atoms with Gasteiger partial charge in [0.05, 0.1) is 24.2 Å². The highest BCUT2D eigenvalue weighted by molar-refractivity contribution is 8.03. The van der Waals surface area contributed by atoms with Gasteiger partial charge >= 0.3 is 0 Å². The van der Waals surface area contributed by atoms with Gasteiger partial charge in [-0.2, -0.15) is 0 Å². The molecule has 1 aliphatic rings. The number of nitrogens with zero attached hydrogens (tertiary/aromatic N) is 1. The van der Waals surface area contributed by atoms with E-state index < -0.39 is 0 Å². The third-order valence-corrected chi connectivity index (χ3v) is 4.80. The van der Waals surface area contributed by atoms with Crippen molar-refractivity contribution in [3.8, 4) is 5.75 Å². The van der Waals surface area contributed by atoms with E-state index in [1.807, 2.05) is 60.9 Å². The van der Waals surface area contributed by atoms with E-state index in [1.165, 1.54) is 16.7 Å². The summed E-state index contributed by atoms with van der Waals surface area (Å²) in [4.78, 5) is 26.5. The summed E-state index contributed by atoms with van der Waals surface area (Å²) in [5.74, 6) is 0.569. The van der Waals surface area contributed by atoms with Crippen LogP contribution in [0.5, 0.6) is 5.75 Å². The van der Waals surface area contributed by atoms with Gasteiger partial charge in [0, 0.05) is 0 Å². The van der Waals surface area contributed by atoms with Gasteiger partial charge in [0.2, 0.25) is 11.8 Å². The zero-order valence-electron chi connectivity index (χ0n) is 14.7. The Morgan fingerprint density at radius 1 is 1.23 bits per heavy atom. The first-order valence-corrected chi connectivity index (χ1v) is 9.25. The van der Waals surface area contributed by atoms with E-state index in [9.17, 15) is 9.59 Å². The minimum atomic E-state index is -0.268. The number of benzene rings is 2. The van der Waals surface area contributed by atoms with Crippen LogP contribution in [-0.2, 0) is 9.59 Å². The molecule has 0 atom stereocenters. The quantitative estimate of drug-likeness (QED) is 0.877. The molecule has 0 spiro atoms. The highest BCUT2D eigenvalue weighted by Gasteiger charge is 2.25. The molecule has 1 N–H and O–H groups in total. The van der Waals surface area contributed by atoms with E-state index in [0.29, 0.717) is 17.2 Å². The lowest BCUT2D eigenvalue weighted by molar-refractivity contribution is -0.129. The normalized spacial score (nSPS) is 14.0. The number of nitrogens with one attached hydrogen (secondary N) is 1. The molecule has 0 saturated carbocycles. The summed E-state index contributed by atoms with van der Waals surface area (Å²) < 4.78 is 5.29. The van der Waals surface area contributed by atoms with Crippen LogP contribution in [0.1, 0.15) is 11.1 Å². The molecule has 1 aliphatic heterocycles. The number of hydrogen-bond donors (Lipinski definition) is 1. The van der Waals surface area contributed by atoms with Crippen molar-refractivity contribution in [1.29, 1.82) is 0 Å². The van der Waals surface area contributed by atoms with Gasteiger partial charge in [0.15, 0.2) is 0 Å². The van der Waals surface area contributed by atoms with E-state index in [0.717, 1.165) is 16.8 Å². The fraction of sp³-hybridized carbons (Fsp3) is 0.200. The fourth-order valence-corrected chi connectivity index (χ4v) is 3.53. The lowest BCUT2D eigenvalue weighted by Crippen LogP contribution is -2.39. The van der Waals surface area contributed by atoms with Gasteiger partial charge in [-0.3, -0.25) is 9.59 Å². The molecule has 0 aliphatic carbocycles. The second-order valence-electron chi connectivity index (χ2n) is 5.91. The van der Waals surface area contributed by atoms with Crippen LogP contribution in [0.2, 0.25) is 0 Å². The third kappa shape index (κ3) is 4.08. The molecule has 0 saturated heterocycles. The summed E-state index contributed by atoms with van der Waals surface area (Å²) in [6.07, 6.45) is 0. The van der Waals surface area contributed by atoms with Gasteiger partial charge < -0.3 is 15.0 Å². The number of carbonyl (C=O) groups is 2. The van der Waals surface area contributed by atoms with Crippen LogP contribution < -0.4 is 10.1 Å². The summed E-state index contributed by atoms with van der Waals surface area (Å²) in [5, 5.41) is 4.78. The van der Waals surface area contributed by atoms with E-state index in [4.69, 9.17) is 4.74 Å². The van der Waals surface area contributed by atoms with Gasteiger partial charge in [-0.1, -0.05) is 36.4 Å². The molecule has 1 heterocycles. The smallest absolute Gasteiger partial charge is 0.244 e. The van der Waals surface area contributed by atoms with Gasteiger partial charge in [0.1, 0.15) is 12.3 Å². The number of methoxy groups -OCH3 is 1. The van der Waals surface area contributed by atoms with E-state index in [1.54, 1.807) is 7.11 Å². The van der Waals surface area contributed by atoms with Gasteiger partial charge in [-0.25, -0.2) is 0 Å². The van der Waals surface area contributed by atoms with E-state index >= 15 is 0 Å². The van der Waals surface area contributed by atoms with Crippen molar-refractivity contribution in [2.45, 2.75) is 6.92 Å². The second-order valence-corrected chi connectivity index (χ2v) is 6.77. The van der Waals surface area contributed by atoms with Crippen LogP contribution in [-0.4, -0.2) is 36.1 Å². The molecule has 5 nitrogen and oxygen atoms in total. The van der Waals surface area contributed by atoms with E-state index in [-0.39, 0.29) is 18.4 Å². The Balaban J connectivity index is 1.79. The van der Waals surface area contributed by atoms with Gasteiger partial charge in [-0.05, 0) is 35.6 Å². The number of anilines is 1. The Bertz CT molecular complexity index is 849. The van der Waals surface area contributed by atoms with Crippen LogP contribution in [0.25, 0.3) is 5.70 Å². The molecule has 6 heteroatoms. The molecule has 0 aromatic heterocycles. The average Bonchev–Trinajstić information content (AvgIpc) is 2.64. The second kappa shape index (κ2) is 8.10. The highest BCUT2D eigenvalue weighted by atomic mass is 32.2. The molecule has 134 valence electrons. The Labute approximate surface area is 157 Å². The van der Waals surface area contributed by atoms with Crippen LogP contribution in [0.3, 0.4) is 0 Å². The maximum Gasteiger partial charge on any atom is 0.244 e. The lowest BCUT2D eigenvalue weighted by atomic mass is 10.1. The summed E-state index contributed by atoms with van der Waals surface area (Å²) in [6.45, 7) is 1.90. The van der Waals surface area contributed by atoms with Crippen LogP contribution >= 0.6 is 11.8 Å². The topological polar surface area (TPSA) is 58.6 Å². The number of amides is 2. The third-order valence-electron chi connectivity index (χ3n) is 3.99. The number of carbonyl (C=O) groups excluding carboxylic acids is 2. The maximum atomic E-state index is 12.6. The zero-order chi connectivity index (χ0) is 18.5. The minimum absolute atomic E-state index is 0.0444. The first kappa shape index (κ1) is 18.1. The Morgan fingerprint density at radius 3 is 2.73 bits per heavy atom. The molecular weight excluding hydrogens is 348 g/mol. The molecule has 0 bridgehead atoms. The Kier molecular flexibility index (Phi) is 5.63. The molecule has 3 rings (SSSR count). The predicted octanol–water partition coefficient (Wildman–Crippen LogP) is 3.52. The maximum absolute atomic E-state index is 12.6. The number of rotatable bonds is 5. The molecule has 0 unspecified atom stereocenters. The number of thioether (sulfide) groups is 1. The Morgan fingerprint density at radius 2 is 2.00 bits per heavy atom. The SMILES string of the molecule is COc1ccc(C)cc1NC(=O)CN1C(=O)CSC=C1c1ccccc1. The first-order chi connectivity index (χ1) is 12.6. The van der Waals surface area contributed by atoms with E-state index in [2.05, 4.69) is 5.32 Å². The summed E-state index contributed by atoms with van der Waals surface area (Å²) in [7, 11) is 1.56. The zero-order valence-corrected chi connectivity index (χ0v) is 15.5. The molecule has 0 radical (unpaired) electrons. The summed E-state index contributed by atoms with van der Waals surface area (Å²) in [6, 6.07) is 15.2. The van der Waals surface area contributed by atoms with Crippen molar-refractivity contribution in [3.05, 3.63) is 65.1 Å². The van der Waals surface area contributed by atoms with Crippen LogP contribution in [0, 0.1) is 6.92 Å². The molecule has 2 aromatic rings. The molecule has 2 amide bonds. The summed E-state index contributed by atoms with van der Waals surface area (Å²) in [5.41, 5.74) is 3.27. The fourth-order valence-electron chi connectivity index (χ4n) is 2.73. The van der Waals surface area contributed by atoms with Crippen LogP contribution in [0.4, 0.5) is 5.69 Å². The molecular formula is C20H20N2O3S. The lowest BCUT2D eigenvalue weighted by Gasteiger charge is -2.28. The Hall–Kier alpha value is -2.73. The monoisotopic (exact) mass is 368 g/mol. The highest BCUT2D eigenvalue weighted by Crippen LogP contribution is 2.29. The van der Waals surface area contributed by atoms with Crippen molar-refractivity contribution < 1.29 is 14.3 Å². The predicted molar refractivity (Wildman–Crippen MR) is 105 cm³/mol. The number of aryl methyl sites for hydroxylation is 1. The standard InChI is InChI=1S/C20H20N2O3S/c1-14-8-9-18(25-2)16(10-14)21-19(23)11-22-17(12-26-13-20(22)24)15-6-4-3-5-7-15/h3-10,12H,11,13H2,1-2H3,(H,21,23). The van der Waals surface area contributed by atoms with Gasteiger partial charge in [-0.15, -0.1) is 11.8 Å². The largest absolute Gasteiger partial charge is 0.495 e. The molecule has 26 heavy (non-hydrogen) atoms. The average molecular weight is 368 g/mol. The van der Waals surface area contributed by atoms with Crippen LogP contribution in [0.15, 0.2) is 53.9 Å². The van der Waals surface area contributed by atoms with Crippen molar-refractivity contribution in [2.24, 2.45) is 0 Å². The van der Waals surface area contributed by atoms with Crippen molar-refractivity contribution in [3.63, 3.8) is 0 Å². The minimum Gasteiger partial charge on any atom is -0.495 e. The van der Waals surface area contributed by atoms with Crippen molar-refractivity contribution in [2.75, 3.05) is 24.7 Å². The van der Waals surface area contributed by atoms with Crippen molar-refractivity contribution >= 4 is 35.0 Å². The summed E-state index contributed by atoms with van der Waals surface area (Å²) >= 11 is 1.44. The molecule has 2 aromatic carbocycles.